The van der Waals surface area contributed by atoms with Gasteiger partial charge in [0.1, 0.15) is 0 Å². The van der Waals surface area contributed by atoms with Gasteiger partial charge >= 0.3 is 0 Å². The van der Waals surface area contributed by atoms with Gasteiger partial charge in [0.25, 0.3) is 0 Å². The molecular weight excluding hydrogens is 350 g/mol. The van der Waals surface area contributed by atoms with Gasteiger partial charge in [-0.25, -0.2) is 4.98 Å². The molecule has 148 valence electrons. The SMILES string of the molecule is Cc1cc(C#CCNC2CC2)ccc1-c1cn(CC2OCC(C)(C)CO2)cn1. The van der Waals surface area contributed by atoms with Crippen LogP contribution < -0.4 is 5.32 Å². The second-order valence-corrected chi connectivity index (χ2v) is 8.66. The number of aromatic nitrogens is 2. The summed E-state index contributed by atoms with van der Waals surface area (Å²) in [7, 11) is 0. The van der Waals surface area contributed by atoms with Crippen molar-refractivity contribution in [3.63, 3.8) is 0 Å². The van der Waals surface area contributed by atoms with Gasteiger partial charge in [-0.3, -0.25) is 0 Å². The van der Waals surface area contributed by atoms with Crippen LogP contribution in [0.1, 0.15) is 37.8 Å². The maximum atomic E-state index is 5.83. The van der Waals surface area contributed by atoms with Gasteiger partial charge in [0.15, 0.2) is 6.29 Å². The Balaban J connectivity index is 1.37. The Morgan fingerprint density at radius 2 is 2.04 bits per heavy atom. The third-order valence-electron chi connectivity index (χ3n) is 5.10. The van der Waals surface area contributed by atoms with Crippen LogP contribution in [-0.4, -0.2) is 41.6 Å². The molecular formula is C23H29N3O2. The number of imidazole rings is 1. The highest BCUT2D eigenvalue weighted by Gasteiger charge is 2.28. The van der Waals surface area contributed by atoms with E-state index < -0.39 is 0 Å². The van der Waals surface area contributed by atoms with Crippen LogP contribution in [0.25, 0.3) is 11.3 Å². The number of hydrogen-bond donors (Lipinski definition) is 1. The summed E-state index contributed by atoms with van der Waals surface area (Å²) in [5.41, 5.74) is 4.41. The Morgan fingerprint density at radius 3 is 2.75 bits per heavy atom. The van der Waals surface area contributed by atoms with Gasteiger partial charge in [0, 0.05) is 28.8 Å². The van der Waals surface area contributed by atoms with Gasteiger partial charge in [-0.05, 0) is 37.5 Å². The zero-order valence-electron chi connectivity index (χ0n) is 17.0. The summed E-state index contributed by atoms with van der Waals surface area (Å²) in [6.45, 7) is 9.27. The van der Waals surface area contributed by atoms with Gasteiger partial charge in [-0.2, -0.15) is 0 Å². The average Bonchev–Trinajstić information content (AvgIpc) is 3.38. The molecule has 28 heavy (non-hydrogen) atoms. The van der Waals surface area contributed by atoms with Crippen molar-refractivity contribution in [1.29, 1.82) is 0 Å². The number of benzene rings is 1. The highest BCUT2D eigenvalue weighted by molar-refractivity contribution is 5.64. The largest absolute Gasteiger partial charge is 0.350 e. The van der Waals surface area contributed by atoms with Crippen molar-refractivity contribution >= 4 is 0 Å². The molecule has 0 spiro atoms. The minimum Gasteiger partial charge on any atom is -0.350 e. The van der Waals surface area contributed by atoms with E-state index in [-0.39, 0.29) is 11.7 Å². The van der Waals surface area contributed by atoms with E-state index in [1.54, 1.807) is 0 Å². The van der Waals surface area contributed by atoms with Crippen molar-refractivity contribution in [2.24, 2.45) is 5.41 Å². The minimum absolute atomic E-state index is 0.0896. The second-order valence-electron chi connectivity index (χ2n) is 8.66. The molecule has 0 bridgehead atoms. The van der Waals surface area contributed by atoms with Crippen molar-refractivity contribution in [2.75, 3.05) is 19.8 Å². The Bertz CT molecular complexity index is 877. The van der Waals surface area contributed by atoms with Crippen LogP contribution in [0.2, 0.25) is 0 Å². The normalized spacial score (nSPS) is 19.2. The smallest absolute Gasteiger partial charge is 0.175 e. The number of rotatable bonds is 5. The average molecular weight is 380 g/mol. The molecule has 1 aliphatic carbocycles. The van der Waals surface area contributed by atoms with Gasteiger partial charge in [-0.15, -0.1) is 0 Å². The van der Waals surface area contributed by atoms with E-state index in [0.717, 1.165) is 36.6 Å². The standard InChI is InChI=1S/C23H29N3O2/c1-17-11-18(5-4-10-24-19-7-8-19)6-9-20(17)21-12-26(16-25-21)13-22-27-14-23(2,3)15-28-22/h6,9,11-12,16,19,22,24H,7-8,10,13-15H2,1-3H3. The third kappa shape index (κ3) is 5.02. The molecule has 5 nitrogen and oxygen atoms in total. The quantitative estimate of drug-likeness (QED) is 0.810. The molecule has 2 aromatic rings. The van der Waals surface area contributed by atoms with Crippen LogP contribution >= 0.6 is 0 Å². The lowest BCUT2D eigenvalue weighted by Gasteiger charge is -2.34. The molecule has 0 atom stereocenters. The van der Waals surface area contributed by atoms with E-state index in [0.29, 0.717) is 12.6 Å². The number of aryl methyl sites for hydroxylation is 1. The molecule has 0 unspecified atom stereocenters. The Labute approximate surface area is 167 Å². The predicted molar refractivity (Wildman–Crippen MR) is 110 cm³/mol. The predicted octanol–water partition coefficient (Wildman–Crippen LogP) is 3.36. The Hall–Kier alpha value is -2.13. The maximum Gasteiger partial charge on any atom is 0.175 e. The zero-order chi connectivity index (χ0) is 19.6. The van der Waals surface area contributed by atoms with Crippen LogP contribution in [-0.2, 0) is 16.0 Å². The molecule has 1 aliphatic heterocycles. The van der Waals surface area contributed by atoms with Crippen molar-refractivity contribution in [3.05, 3.63) is 41.9 Å². The van der Waals surface area contributed by atoms with E-state index in [4.69, 9.17) is 9.47 Å². The number of hydrogen-bond acceptors (Lipinski definition) is 4. The first kappa shape index (κ1) is 19.2. The van der Waals surface area contributed by atoms with Crippen LogP contribution in [0.4, 0.5) is 0 Å². The summed E-state index contributed by atoms with van der Waals surface area (Å²) in [5, 5.41) is 3.41. The molecule has 4 rings (SSSR count). The fourth-order valence-electron chi connectivity index (χ4n) is 3.26. The van der Waals surface area contributed by atoms with Crippen molar-refractivity contribution in [1.82, 2.24) is 14.9 Å². The van der Waals surface area contributed by atoms with Crippen molar-refractivity contribution < 1.29 is 9.47 Å². The molecule has 1 saturated heterocycles. The van der Waals surface area contributed by atoms with E-state index in [9.17, 15) is 0 Å². The molecule has 1 N–H and O–H groups in total. The summed E-state index contributed by atoms with van der Waals surface area (Å²) in [6, 6.07) is 7.01. The summed E-state index contributed by atoms with van der Waals surface area (Å²) >= 11 is 0. The number of nitrogens with zero attached hydrogens (tertiary/aromatic N) is 2. The van der Waals surface area contributed by atoms with Gasteiger partial charge in [-0.1, -0.05) is 31.8 Å². The van der Waals surface area contributed by atoms with E-state index in [2.05, 4.69) is 67.3 Å². The zero-order valence-corrected chi connectivity index (χ0v) is 17.0. The molecule has 1 aromatic carbocycles. The van der Waals surface area contributed by atoms with Crippen molar-refractivity contribution in [3.8, 4) is 23.1 Å². The lowest BCUT2D eigenvalue weighted by Crippen LogP contribution is -2.39. The van der Waals surface area contributed by atoms with E-state index >= 15 is 0 Å². The van der Waals surface area contributed by atoms with E-state index in [1.807, 2.05) is 10.9 Å². The Kier molecular flexibility index (Phi) is 5.54. The fourth-order valence-corrected chi connectivity index (χ4v) is 3.26. The molecule has 0 radical (unpaired) electrons. The lowest BCUT2D eigenvalue weighted by molar-refractivity contribution is -0.226. The summed E-state index contributed by atoms with van der Waals surface area (Å²) in [5.74, 6) is 6.45. The maximum absolute atomic E-state index is 5.83. The van der Waals surface area contributed by atoms with Crippen LogP contribution in [0.3, 0.4) is 0 Å². The summed E-state index contributed by atoms with van der Waals surface area (Å²) in [4.78, 5) is 4.58. The third-order valence-corrected chi connectivity index (χ3v) is 5.10. The first-order valence-electron chi connectivity index (χ1n) is 10.1. The van der Waals surface area contributed by atoms with Gasteiger partial charge < -0.3 is 19.4 Å². The van der Waals surface area contributed by atoms with E-state index in [1.165, 1.54) is 18.4 Å². The molecule has 2 aliphatic rings. The topological polar surface area (TPSA) is 48.3 Å². The molecule has 1 saturated carbocycles. The summed E-state index contributed by atoms with van der Waals surface area (Å²) in [6.07, 6.45) is 6.27. The van der Waals surface area contributed by atoms with Gasteiger partial charge in [0.05, 0.1) is 38.3 Å². The van der Waals surface area contributed by atoms with Crippen LogP contribution in [0.5, 0.6) is 0 Å². The number of ether oxygens (including phenoxy) is 2. The summed E-state index contributed by atoms with van der Waals surface area (Å²) < 4.78 is 13.7. The highest BCUT2D eigenvalue weighted by Crippen LogP contribution is 2.25. The lowest BCUT2D eigenvalue weighted by atomic mass is 9.96. The molecule has 5 heteroatoms. The van der Waals surface area contributed by atoms with Crippen LogP contribution in [0, 0.1) is 24.2 Å². The first-order valence-corrected chi connectivity index (χ1v) is 10.1. The monoisotopic (exact) mass is 379 g/mol. The minimum atomic E-state index is -0.210. The number of nitrogens with one attached hydrogen (secondary N) is 1. The fraction of sp³-hybridized carbons (Fsp3) is 0.522. The Morgan fingerprint density at radius 1 is 1.25 bits per heavy atom. The first-order chi connectivity index (χ1) is 13.5. The van der Waals surface area contributed by atoms with Gasteiger partial charge in [0.2, 0.25) is 0 Å². The molecule has 2 heterocycles. The highest BCUT2D eigenvalue weighted by atomic mass is 16.7. The van der Waals surface area contributed by atoms with Crippen molar-refractivity contribution in [2.45, 2.75) is 52.5 Å². The molecule has 2 fully saturated rings. The molecule has 0 amide bonds. The van der Waals surface area contributed by atoms with Crippen LogP contribution in [0.15, 0.2) is 30.7 Å². The molecule has 1 aromatic heterocycles. The second kappa shape index (κ2) is 8.08.